The number of nitrogens with one attached hydrogen (secondary N) is 1. The van der Waals surface area contributed by atoms with Crippen molar-refractivity contribution in [3.8, 4) is 0 Å². The Bertz CT molecular complexity index is 563. The molecule has 17 heavy (non-hydrogen) atoms. The van der Waals surface area contributed by atoms with Gasteiger partial charge >= 0.3 is 0 Å². The average molecular weight is 253 g/mol. The predicted molar refractivity (Wildman–Crippen MR) is 67.3 cm³/mol. The molecule has 0 spiro atoms. The lowest BCUT2D eigenvalue weighted by atomic mass is 10.2. The molecule has 0 unspecified atom stereocenters. The largest absolute Gasteiger partial charge is 0.395 e. The molecule has 0 bridgehead atoms. The van der Waals surface area contributed by atoms with E-state index >= 15 is 0 Å². The third-order valence-corrected chi connectivity index (χ3v) is 2.99. The summed E-state index contributed by atoms with van der Waals surface area (Å²) in [6.45, 7) is 0.171. The molecule has 1 amide bonds. The normalized spacial score (nSPS) is 10.8. The number of hydrogen-bond donors (Lipinski definition) is 2. The number of carbonyl (C=O) groups excluding carboxylic acids is 1. The van der Waals surface area contributed by atoms with Crippen LogP contribution in [0.1, 0.15) is 10.5 Å². The number of hydrogen-bond acceptors (Lipinski definition) is 2. The molecule has 0 saturated heterocycles. The van der Waals surface area contributed by atoms with Gasteiger partial charge in [0.25, 0.3) is 5.91 Å². The number of aryl methyl sites for hydroxylation is 1. The summed E-state index contributed by atoms with van der Waals surface area (Å²) in [7, 11) is 1.81. The Labute approximate surface area is 104 Å². The summed E-state index contributed by atoms with van der Waals surface area (Å²) in [4.78, 5) is 11.8. The van der Waals surface area contributed by atoms with Crippen LogP contribution in [0.3, 0.4) is 0 Å². The number of aliphatic hydroxyl groups is 1. The predicted octanol–water partition coefficient (Wildman–Crippen LogP) is 1.55. The molecule has 0 radical (unpaired) electrons. The van der Waals surface area contributed by atoms with Crippen LogP contribution in [0.2, 0.25) is 5.02 Å². The van der Waals surface area contributed by atoms with Gasteiger partial charge in [0.15, 0.2) is 0 Å². The molecule has 1 heterocycles. The summed E-state index contributed by atoms with van der Waals surface area (Å²) in [6.07, 6.45) is 0. The first-order valence-corrected chi connectivity index (χ1v) is 5.66. The number of aliphatic hydroxyl groups excluding tert-OH is 1. The van der Waals surface area contributed by atoms with Crippen molar-refractivity contribution < 1.29 is 9.90 Å². The van der Waals surface area contributed by atoms with Crippen LogP contribution < -0.4 is 5.32 Å². The zero-order valence-electron chi connectivity index (χ0n) is 9.40. The van der Waals surface area contributed by atoms with Crippen molar-refractivity contribution in [1.82, 2.24) is 9.88 Å². The van der Waals surface area contributed by atoms with E-state index in [2.05, 4.69) is 5.32 Å². The SMILES string of the molecule is Cn1c(C(=O)NCCO)cc2c(Cl)cccc21. The number of nitrogens with zero attached hydrogens (tertiary/aromatic N) is 1. The van der Waals surface area contributed by atoms with Crippen molar-refractivity contribution in [3.05, 3.63) is 35.0 Å². The van der Waals surface area contributed by atoms with Gasteiger partial charge in [-0.15, -0.1) is 0 Å². The van der Waals surface area contributed by atoms with Gasteiger partial charge in [0.2, 0.25) is 0 Å². The third kappa shape index (κ3) is 2.14. The Hall–Kier alpha value is -1.52. The van der Waals surface area contributed by atoms with E-state index in [9.17, 15) is 4.79 Å². The Morgan fingerprint density at radius 1 is 1.53 bits per heavy atom. The summed E-state index contributed by atoms with van der Waals surface area (Å²) in [5.41, 5.74) is 1.44. The summed E-state index contributed by atoms with van der Waals surface area (Å²) < 4.78 is 1.79. The Morgan fingerprint density at radius 3 is 2.94 bits per heavy atom. The second kappa shape index (κ2) is 4.77. The smallest absolute Gasteiger partial charge is 0.268 e. The van der Waals surface area contributed by atoms with Crippen molar-refractivity contribution >= 4 is 28.4 Å². The molecule has 1 aromatic carbocycles. The van der Waals surface area contributed by atoms with Gasteiger partial charge in [-0.3, -0.25) is 4.79 Å². The molecule has 4 nitrogen and oxygen atoms in total. The number of aromatic nitrogens is 1. The highest BCUT2D eigenvalue weighted by Gasteiger charge is 2.13. The number of fused-ring (bicyclic) bond motifs is 1. The van der Waals surface area contributed by atoms with Crippen LogP contribution in [0, 0.1) is 0 Å². The van der Waals surface area contributed by atoms with Crippen molar-refractivity contribution in [2.45, 2.75) is 0 Å². The summed E-state index contributed by atoms with van der Waals surface area (Å²) in [5.74, 6) is -0.214. The van der Waals surface area contributed by atoms with E-state index < -0.39 is 0 Å². The number of benzene rings is 1. The fraction of sp³-hybridized carbons (Fsp3) is 0.250. The topological polar surface area (TPSA) is 54.3 Å². The second-order valence-electron chi connectivity index (χ2n) is 3.74. The zero-order chi connectivity index (χ0) is 12.4. The first-order valence-electron chi connectivity index (χ1n) is 5.28. The summed E-state index contributed by atoms with van der Waals surface area (Å²) >= 11 is 6.07. The highest BCUT2D eigenvalue weighted by Crippen LogP contribution is 2.25. The lowest BCUT2D eigenvalue weighted by molar-refractivity contribution is 0.0937. The molecular formula is C12H13ClN2O2. The van der Waals surface area contributed by atoms with Gasteiger partial charge in [-0.1, -0.05) is 17.7 Å². The molecule has 2 N–H and O–H groups in total. The number of rotatable bonds is 3. The molecule has 90 valence electrons. The minimum absolute atomic E-state index is 0.0730. The Balaban J connectivity index is 2.45. The van der Waals surface area contributed by atoms with Crippen LogP contribution in [0.4, 0.5) is 0 Å². The van der Waals surface area contributed by atoms with Crippen molar-refractivity contribution in [1.29, 1.82) is 0 Å². The second-order valence-corrected chi connectivity index (χ2v) is 4.15. The van der Waals surface area contributed by atoms with Gasteiger partial charge in [-0.05, 0) is 18.2 Å². The van der Waals surface area contributed by atoms with Crippen LogP contribution in [0.5, 0.6) is 0 Å². The van der Waals surface area contributed by atoms with Gasteiger partial charge in [0.05, 0.1) is 6.61 Å². The zero-order valence-corrected chi connectivity index (χ0v) is 10.2. The first kappa shape index (κ1) is 12.0. The molecule has 1 aromatic heterocycles. The van der Waals surface area contributed by atoms with Crippen LogP contribution >= 0.6 is 11.6 Å². The number of carbonyl (C=O) groups is 1. The van der Waals surface area contributed by atoms with Crippen LogP contribution in [-0.2, 0) is 7.05 Å². The maximum Gasteiger partial charge on any atom is 0.268 e. The average Bonchev–Trinajstić information content (AvgIpc) is 2.66. The maximum absolute atomic E-state index is 11.8. The number of halogens is 1. The molecule has 5 heteroatoms. The lowest BCUT2D eigenvalue weighted by Crippen LogP contribution is -2.27. The third-order valence-electron chi connectivity index (χ3n) is 2.66. The first-order chi connectivity index (χ1) is 8.15. The Morgan fingerprint density at radius 2 is 2.29 bits per heavy atom. The van der Waals surface area contributed by atoms with E-state index in [1.165, 1.54) is 0 Å². The van der Waals surface area contributed by atoms with Gasteiger partial charge < -0.3 is 15.0 Å². The highest BCUT2D eigenvalue weighted by atomic mass is 35.5. The van der Waals surface area contributed by atoms with Crippen molar-refractivity contribution in [2.75, 3.05) is 13.2 Å². The molecule has 0 atom stereocenters. The molecule has 0 aliphatic heterocycles. The molecule has 2 rings (SSSR count). The van der Waals surface area contributed by atoms with E-state index in [0.29, 0.717) is 10.7 Å². The molecule has 0 aliphatic carbocycles. The van der Waals surface area contributed by atoms with Crippen LogP contribution in [-0.4, -0.2) is 28.7 Å². The molecule has 0 saturated carbocycles. The standard InChI is InChI=1S/C12H13ClN2O2/c1-15-10-4-2-3-9(13)8(10)7-11(15)12(17)14-5-6-16/h2-4,7,16H,5-6H2,1H3,(H,14,17). The van der Waals surface area contributed by atoms with E-state index in [-0.39, 0.29) is 19.1 Å². The van der Waals surface area contributed by atoms with Gasteiger partial charge in [-0.2, -0.15) is 0 Å². The quantitative estimate of drug-likeness (QED) is 0.871. The molecule has 0 fully saturated rings. The van der Waals surface area contributed by atoms with E-state index in [1.807, 2.05) is 19.2 Å². The lowest BCUT2D eigenvalue weighted by Gasteiger charge is -2.04. The van der Waals surface area contributed by atoms with Gasteiger partial charge in [0.1, 0.15) is 5.69 Å². The Kier molecular flexibility index (Phi) is 3.36. The van der Waals surface area contributed by atoms with E-state index in [0.717, 1.165) is 10.9 Å². The molecule has 2 aromatic rings. The number of amides is 1. The molecular weight excluding hydrogens is 240 g/mol. The van der Waals surface area contributed by atoms with E-state index in [4.69, 9.17) is 16.7 Å². The summed E-state index contributed by atoms with van der Waals surface area (Å²) in [5, 5.41) is 12.8. The monoisotopic (exact) mass is 252 g/mol. The minimum Gasteiger partial charge on any atom is -0.395 e. The minimum atomic E-state index is -0.214. The van der Waals surface area contributed by atoms with Crippen molar-refractivity contribution in [2.24, 2.45) is 7.05 Å². The highest BCUT2D eigenvalue weighted by molar-refractivity contribution is 6.35. The van der Waals surface area contributed by atoms with E-state index in [1.54, 1.807) is 16.7 Å². The van der Waals surface area contributed by atoms with Gasteiger partial charge in [0, 0.05) is 29.5 Å². The fourth-order valence-electron chi connectivity index (χ4n) is 1.80. The maximum atomic E-state index is 11.8. The van der Waals surface area contributed by atoms with Crippen LogP contribution in [0.15, 0.2) is 24.3 Å². The van der Waals surface area contributed by atoms with Gasteiger partial charge in [-0.25, -0.2) is 0 Å². The molecule has 0 aliphatic rings. The summed E-state index contributed by atoms with van der Waals surface area (Å²) in [6, 6.07) is 7.30. The van der Waals surface area contributed by atoms with Crippen molar-refractivity contribution in [3.63, 3.8) is 0 Å². The van der Waals surface area contributed by atoms with Crippen LogP contribution in [0.25, 0.3) is 10.9 Å². The fourth-order valence-corrected chi connectivity index (χ4v) is 2.03.